The summed E-state index contributed by atoms with van der Waals surface area (Å²) in [6.45, 7) is 1.55. The second-order valence-corrected chi connectivity index (χ2v) is 8.25. The predicted octanol–water partition coefficient (Wildman–Crippen LogP) is 1.72. The molecule has 1 unspecified atom stereocenters. The van der Waals surface area contributed by atoms with Crippen LogP contribution in [0.4, 0.5) is 5.69 Å². The van der Waals surface area contributed by atoms with E-state index in [1.807, 2.05) is 0 Å². The van der Waals surface area contributed by atoms with Crippen molar-refractivity contribution < 1.29 is 23.1 Å². The molecule has 1 heterocycles. The van der Waals surface area contributed by atoms with Crippen molar-refractivity contribution in [2.75, 3.05) is 19.4 Å². The summed E-state index contributed by atoms with van der Waals surface area (Å²) in [7, 11) is 0.758. The van der Waals surface area contributed by atoms with Gasteiger partial charge in [0.25, 0.3) is 5.91 Å². The molecule has 0 aliphatic heterocycles. The number of carbonyl (C=O) groups excluding carboxylic acids is 1. The van der Waals surface area contributed by atoms with Crippen LogP contribution in [-0.2, 0) is 21.9 Å². The predicted molar refractivity (Wildman–Crippen MR) is 96.7 cm³/mol. The zero-order valence-electron chi connectivity index (χ0n) is 14.9. The normalized spacial score (nSPS) is 12.8. The van der Waals surface area contributed by atoms with E-state index in [0.29, 0.717) is 11.3 Å². The third-order valence-electron chi connectivity index (χ3n) is 4.01. The van der Waals surface area contributed by atoms with Crippen molar-refractivity contribution in [3.8, 4) is 0 Å². The molecule has 0 spiro atoms. The fourth-order valence-corrected chi connectivity index (χ4v) is 3.31. The van der Waals surface area contributed by atoms with Crippen molar-refractivity contribution in [1.29, 1.82) is 0 Å². The number of carbonyl (C=O) groups is 2. The van der Waals surface area contributed by atoms with Crippen LogP contribution < -0.4 is 5.32 Å². The van der Waals surface area contributed by atoms with Crippen LogP contribution in [0.5, 0.6) is 0 Å². The van der Waals surface area contributed by atoms with E-state index in [4.69, 9.17) is 5.11 Å². The minimum absolute atomic E-state index is 0.0170. The van der Waals surface area contributed by atoms with Crippen LogP contribution in [0, 0.1) is 0 Å². The fourth-order valence-electron chi connectivity index (χ4n) is 2.34. The van der Waals surface area contributed by atoms with Gasteiger partial charge in [-0.1, -0.05) is 12.1 Å². The van der Waals surface area contributed by atoms with Crippen molar-refractivity contribution in [2.45, 2.75) is 17.7 Å². The molecule has 2 N–H and O–H groups in total. The van der Waals surface area contributed by atoms with Crippen LogP contribution >= 0.6 is 0 Å². The lowest BCUT2D eigenvalue weighted by atomic mass is 10.0. The Morgan fingerprint density at radius 3 is 2.46 bits per heavy atom. The summed E-state index contributed by atoms with van der Waals surface area (Å²) in [5.74, 6) is -2.17. The van der Waals surface area contributed by atoms with E-state index in [1.165, 1.54) is 30.9 Å². The summed E-state index contributed by atoms with van der Waals surface area (Å²) in [5.41, 5.74) is 1.15. The van der Waals surface area contributed by atoms with Gasteiger partial charge in [-0.2, -0.15) is 0 Å². The lowest BCUT2D eigenvalue weighted by molar-refractivity contribution is -0.138. The summed E-state index contributed by atoms with van der Waals surface area (Å²) in [6.07, 6.45) is 1.37. The van der Waals surface area contributed by atoms with Gasteiger partial charge in [0.1, 0.15) is 10.6 Å². The molecule has 1 amide bonds. The summed E-state index contributed by atoms with van der Waals surface area (Å²) in [4.78, 5) is 23.6. The van der Waals surface area contributed by atoms with E-state index in [9.17, 15) is 18.0 Å². The maximum absolute atomic E-state index is 12.5. The molecule has 0 fully saturated rings. The highest BCUT2D eigenvalue weighted by Gasteiger charge is 2.22. The molecule has 26 heavy (non-hydrogen) atoms. The first-order valence-corrected chi connectivity index (χ1v) is 9.21. The van der Waals surface area contributed by atoms with Gasteiger partial charge in [0.2, 0.25) is 10.0 Å². The zero-order valence-corrected chi connectivity index (χ0v) is 15.7. The number of benzene rings is 1. The molecule has 2 rings (SSSR count). The minimum Gasteiger partial charge on any atom is -0.481 e. The number of sulfonamides is 1. The van der Waals surface area contributed by atoms with Crippen LogP contribution in [0.15, 0.2) is 41.4 Å². The molecule has 0 saturated carbocycles. The number of rotatable bonds is 6. The molecule has 9 heteroatoms. The minimum atomic E-state index is -3.65. The van der Waals surface area contributed by atoms with Gasteiger partial charge in [-0.15, -0.1) is 0 Å². The zero-order chi connectivity index (χ0) is 19.6. The topological polar surface area (TPSA) is 109 Å². The number of aliphatic carboxylic acids is 1. The largest absolute Gasteiger partial charge is 0.481 e. The number of amides is 1. The number of carboxylic acids is 1. The van der Waals surface area contributed by atoms with Crippen molar-refractivity contribution in [3.63, 3.8) is 0 Å². The summed E-state index contributed by atoms with van der Waals surface area (Å²) >= 11 is 0. The Morgan fingerprint density at radius 1 is 1.23 bits per heavy atom. The Hall–Kier alpha value is -2.65. The van der Waals surface area contributed by atoms with Crippen LogP contribution in [-0.4, -0.2) is 48.4 Å². The Kier molecular flexibility index (Phi) is 5.53. The van der Waals surface area contributed by atoms with E-state index in [1.54, 1.807) is 38.2 Å². The highest BCUT2D eigenvalue weighted by Crippen LogP contribution is 2.21. The molecule has 140 valence electrons. The number of aromatic nitrogens is 1. The average molecular weight is 379 g/mol. The Morgan fingerprint density at radius 2 is 1.88 bits per heavy atom. The smallest absolute Gasteiger partial charge is 0.310 e. The number of aryl methyl sites for hydroxylation is 1. The summed E-state index contributed by atoms with van der Waals surface area (Å²) in [5, 5.41) is 11.8. The lowest BCUT2D eigenvalue weighted by Gasteiger charge is -2.10. The van der Waals surface area contributed by atoms with Crippen molar-refractivity contribution in [3.05, 3.63) is 47.8 Å². The molecule has 1 aromatic heterocycles. The fraction of sp³-hybridized carbons (Fsp3) is 0.294. The Labute approximate surface area is 152 Å². The van der Waals surface area contributed by atoms with Crippen LogP contribution in [0.25, 0.3) is 0 Å². The van der Waals surface area contributed by atoms with E-state index in [-0.39, 0.29) is 10.6 Å². The van der Waals surface area contributed by atoms with Crippen LogP contribution in [0.3, 0.4) is 0 Å². The monoisotopic (exact) mass is 379 g/mol. The first-order chi connectivity index (χ1) is 12.0. The van der Waals surface area contributed by atoms with E-state index >= 15 is 0 Å². The lowest BCUT2D eigenvalue weighted by Crippen LogP contribution is -2.21. The molecule has 0 bridgehead atoms. The number of nitrogens with zero attached hydrogens (tertiary/aromatic N) is 2. The number of hydrogen-bond donors (Lipinski definition) is 2. The first kappa shape index (κ1) is 19.7. The first-order valence-electron chi connectivity index (χ1n) is 7.77. The van der Waals surface area contributed by atoms with Gasteiger partial charge in [0.05, 0.1) is 5.92 Å². The van der Waals surface area contributed by atoms with Gasteiger partial charge >= 0.3 is 5.97 Å². The van der Waals surface area contributed by atoms with Crippen LogP contribution in [0.1, 0.15) is 28.9 Å². The quantitative estimate of drug-likeness (QED) is 0.794. The molecule has 8 nitrogen and oxygen atoms in total. The molecular weight excluding hydrogens is 358 g/mol. The standard InChI is InChI=1S/C17H21N3O5S/c1-11(17(22)23)12-6-5-7-13(8-12)18-16(21)15-9-14(10-20(15)4)26(24,25)19(2)3/h5-11H,1-4H3,(H,18,21)(H,22,23). The molecule has 0 saturated heterocycles. The second kappa shape index (κ2) is 7.30. The van der Waals surface area contributed by atoms with E-state index < -0.39 is 27.8 Å². The van der Waals surface area contributed by atoms with Gasteiger partial charge < -0.3 is 15.0 Å². The number of carboxylic acid groups (broad SMARTS) is 1. The van der Waals surface area contributed by atoms with Gasteiger partial charge in [-0.3, -0.25) is 9.59 Å². The van der Waals surface area contributed by atoms with Crippen molar-refractivity contribution in [2.24, 2.45) is 7.05 Å². The highest BCUT2D eigenvalue weighted by atomic mass is 32.2. The molecule has 0 aliphatic carbocycles. The number of nitrogens with one attached hydrogen (secondary N) is 1. The van der Waals surface area contributed by atoms with Crippen molar-refractivity contribution in [1.82, 2.24) is 8.87 Å². The number of anilines is 1. The Balaban J connectivity index is 2.28. The third-order valence-corrected chi connectivity index (χ3v) is 5.79. The van der Waals surface area contributed by atoms with E-state index in [0.717, 1.165) is 4.31 Å². The van der Waals surface area contributed by atoms with Crippen molar-refractivity contribution >= 4 is 27.6 Å². The van der Waals surface area contributed by atoms with Gasteiger partial charge in [-0.25, -0.2) is 12.7 Å². The molecule has 0 aliphatic rings. The second-order valence-electron chi connectivity index (χ2n) is 6.10. The SMILES string of the molecule is CC(C(=O)O)c1cccc(NC(=O)c2cc(S(=O)(=O)N(C)C)cn2C)c1. The number of hydrogen-bond acceptors (Lipinski definition) is 4. The molecular formula is C17H21N3O5S. The van der Waals surface area contributed by atoms with E-state index in [2.05, 4.69) is 5.32 Å². The maximum Gasteiger partial charge on any atom is 0.310 e. The molecule has 1 aromatic carbocycles. The van der Waals surface area contributed by atoms with Gasteiger partial charge in [-0.05, 0) is 30.7 Å². The third kappa shape index (κ3) is 3.94. The highest BCUT2D eigenvalue weighted by molar-refractivity contribution is 7.89. The van der Waals surface area contributed by atoms with Gasteiger partial charge in [0, 0.05) is 33.0 Å². The molecule has 0 radical (unpaired) electrons. The summed E-state index contributed by atoms with van der Waals surface area (Å²) in [6, 6.07) is 7.83. The Bertz CT molecular complexity index is 947. The van der Waals surface area contributed by atoms with Crippen LogP contribution in [0.2, 0.25) is 0 Å². The molecule has 1 atom stereocenters. The maximum atomic E-state index is 12.5. The summed E-state index contributed by atoms with van der Waals surface area (Å²) < 4.78 is 26.9. The average Bonchev–Trinajstić information content (AvgIpc) is 2.96. The molecule has 2 aromatic rings. The van der Waals surface area contributed by atoms with Gasteiger partial charge in [0.15, 0.2) is 0 Å².